The second-order valence-corrected chi connectivity index (χ2v) is 20.9. The number of carbonyl (C=O) groups excluding carboxylic acids is 7. The number of ketones is 1. The van der Waals surface area contributed by atoms with E-state index in [-0.39, 0.29) is 58.8 Å². The molecule has 2 aliphatic heterocycles. The Labute approximate surface area is 407 Å². The fraction of sp³-hybridized carbons (Fsp3) is 0.537. The lowest BCUT2D eigenvalue weighted by Crippen LogP contribution is -2.65. The Morgan fingerprint density at radius 1 is 0.768 bits per heavy atom. The van der Waals surface area contributed by atoms with Gasteiger partial charge >= 0.3 is 5.97 Å². The topological polar surface area (TPSA) is 199 Å². The second kappa shape index (κ2) is 24.2. The average molecular weight is 953 g/mol. The molecule has 5 rings (SSSR count). The molecule has 2 saturated heterocycles. The summed E-state index contributed by atoms with van der Waals surface area (Å²) in [5.41, 5.74) is 1.69. The van der Waals surface area contributed by atoms with Gasteiger partial charge in [-0.05, 0) is 94.5 Å². The number of quaternary nitrogens is 1. The van der Waals surface area contributed by atoms with Crippen LogP contribution in [0.5, 0.6) is 5.75 Å². The molecule has 3 aromatic rings. The lowest BCUT2D eigenvalue weighted by molar-refractivity contribution is -0.962. The van der Waals surface area contributed by atoms with Gasteiger partial charge in [-0.1, -0.05) is 88.4 Å². The Bertz CT molecular complexity index is 2270. The summed E-state index contributed by atoms with van der Waals surface area (Å²) in [6, 6.07) is 19.0. The molecule has 2 fully saturated rings. The zero-order chi connectivity index (χ0) is 50.5. The smallest absolute Gasteiger partial charge is 0.316 e. The van der Waals surface area contributed by atoms with Crippen molar-refractivity contribution in [3.05, 3.63) is 101 Å². The van der Waals surface area contributed by atoms with Crippen LogP contribution in [0.25, 0.3) is 0 Å². The highest BCUT2D eigenvalue weighted by atomic mass is 16.6. The molecule has 2 heterocycles. The maximum absolute atomic E-state index is 14.7. The van der Waals surface area contributed by atoms with Crippen molar-refractivity contribution in [2.24, 2.45) is 17.3 Å². The van der Waals surface area contributed by atoms with E-state index in [4.69, 9.17) is 14.2 Å². The summed E-state index contributed by atoms with van der Waals surface area (Å²) in [6.07, 6.45) is 2.43. The average Bonchev–Trinajstić information content (AvgIpc) is 4.06. The normalized spacial score (nSPS) is 18.2. The Morgan fingerprint density at radius 2 is 1.33 bits per heavy atom. The predicted molar refractivity (Wildman–Crippen MR) is 262 cm³/mol. The highest BCUT2D eigenvalue weighted by Gasteiger charge is 2.50. The van der Waals surface area contributed by atoms with Gasteiger partial charge in [-0.15, -0.1) is 0 Å². The molecular weight excluding hydrogens is 879 g/mol. The number of hydrogen-bond acceptors (Lipinski definition) is 10. The van der Waals surface area contributed by atoms with E-state index < -0.39 is 65.4 Å². The number of rotatable bonds is 24. The molecule has 69 heavy (non-hydrogen) atoms. The SMILES string of the molecule is Cc1cc(C[N+]2(C(CCc3ccccc3)C(=O)NCC(=O)N[C@@H](CC(C)C)C(=O)N[C@@H](Cc3ccccc3)C(=O)N[C@@H](CC(C)C)C(=O)[C@@]3(C)CO3)CCOCC2)cc(C=O)c1OC(=O)C(C)(C)C. The van der Waals surface area contributed by atoms with Crippen LogP contribution in [0, 0.1) is 24.2 Å². The highest BCUT2D eigenvalue weighted by Crippen LogP contribution is 2.32. The van der Waals surface area contributed by atoms with E-state index in [0.29, 0.717) is 64.0 Å². The number of nitrogens with one attached hydrogen (secondary N) is 4. The molecule has 3 aromatic carbocycles. The van der Waals surface area contributed by atoms with E-state index in [9.17, 15) is 33.6 Å². The van der Waals surface area contributed by atoms with Crippen LogP contribution in [0.15, 0.2) is 72.8 Å². The number of epoxide rings is 1. The van der Waals surface area contributed by atoms with E-state index in [2.05, 4.69) is 21.3 Å². The van der Waals surface area contributed by atoms with E-state index in [0.717, 1.165) is 16.7 Å². The van der Waals surface area contributed by atoms with Crippen LogP contribution < -0.4 is 26.0 Å². The molecule has 0 aromatic heterocycles. The molecule has 0 radical (unpaired) electrons. The summed E-state index contributed by atoms with van der Waals surface area (Å²) < 4.78 is 17.3. The van der Waals surface area contributed by atoms with Crippen LogP contribution in [0.2, 0.25) is 0 Å². The minimum Gasteiger partial charge on any atom is -0.425 e. The maximum atomic E-state index is 14.7. The number of esters is 1. The quantitative estimate of drug-likeness (QED) is 0.0298. The molecule has 4 N–H and O–H groups in total. The van der Waals surface area contributed by atoms with Crippen molar-refractivity contribution in [1.29, 1.82) is 0 Å². The van der Waals surface area contributed by atoms with Crippen molar-refractivity contribution in [1.82, 2.24) is 21.3 Å². The third kappa shape index (κ3) is 15.6. The molecule has 0 bridgehead atoms. The molecule has 5 atom stereocenters. The monoisotopic (exact) mass is 953 g/mol. The molecule has 1 unspecified atom stereocenters. The Kier molecular flexibility index (Phi) is 19.0. The number of benzene rings is 3. The number of Topliss-reactive ketones (excluding diaryl/α,β-unsaturated/α-hetero) is 1. The number of aryl methyl sites for hydroxylation is 2. The van der Waals surface area contributed by atoms with E-state index in [1.807, 2.05) is 94.4 Å². The van der Waals surface area contributed by atoms with Crippen molar-refractivity contribution in [3.63, 3.8) is 0 Å². The van der Waals surface area contributed by atoms with Gasteiger partial charge in [0.2, 0.25) is 17.7 Å². The van der Waals surface area contributed by atoms with Crippen LogP contribution in [-0.4, -0.2) is 115 Å². The van der Waals surface area contributed by atoms with Crippen molar-refractivity contribution in [2.75, 3.05) is 39.5 Å². The molecule has 0 saturated carbocycles. The van der Waals surface area contributed by atoms with Crippen LogP contribution >= 0.6 is 0 Å². The summed E-state index contributed by atoms with van der Waals surface area (Å²) in [4.78, 5) is 95.6. The first-order valence-corrected chi connectivity index (χ1v) is 24.3. The van der Waals surface area contributed by atoms with Gasteiger partial charge in [0.05, 0.1) is 43.4 Å². The lowest BCUT2D eigenvalue weighted by atomic mass is 9.93. The standard InChI is InChI=1S/C54H73N5O10/c1-35(2)26-42(48(62)54(9)34-68-54)57-50(64)44(30-39-18-14-11-15-19-39)58-49(63)43(27-36(3)4)56-46(61)31-55-51(65)45(21-20-38-16-12-10-13-17-38)59(22-24-67-25-23-59)32-40-28-37(5)47(41(29-40)33-60)69-52(66)53(6,7)8/h10-19,28-29,33,35-36,42-45H,20-27,30-32,34H2,1-9H3,(H3-,55,56,57,58,61,63,64,65)/p+1/t42-,43-,44-,45?,54+/m0/s1. The fourth-order valence-electron chi connectivity index (χ4n) is 8.85. The van der Waals surface area contributed by atoms with Gasteiger partial charge in [0.25, 0.3) is 5.91 Å². The number of ether oxygens (including phenoxy) is 3. The second-order valence-electron chi connectivity index (χ2n) is 20.9. The minimum atomic E-state index is -1.08. The fourth-order valence-corrected chi connectivity index (χ4v) is 8.85. The van der Waals surface area contributed by atoms with Crippen LogP contribution in [0.1, 0.15) is 107 Å². The number of nitrogens with zero attached hydrogens (tertiary/aromatic N) is 1. The number of carbonyl (C=O) groups is 7. The first-order chi connectivity index (χ1) is 32.6. The van der Waals surface area contributed by atoms with Crippen molar-refractivity contribution in [2.45, 2.75) is 131 Å². The van der Waals surface area contributed by atoms with Gasteiger partial charge in [0, 0.05) is 18.4 Å². The molecule has 0 aliphatic carbocycles. The number of aldehydes is 1. The minimum absolute atomic E-state index is 0.0413. The summed E-state index contributed by atoms with van der Waals surface area (Å²) in [6.45, 7) is 18.4. The molecule has 374 valence electrons. The first-order valence-electron chi connectivity index (χ1n) is 24.3. The molecule has 15 heteroatoms. The first kappa shape index (κ1) is 54.2. The molecule has 0 spiro atoms. The van der Waals surface area contributed by atoms with Gasteiger partial charge in [0.15, 0.2) is 18.1 Å². The predicted octanol–water partition coefficient (Wildman–Crippen LogP) is 5.37. The Hall–Kier alpha value is -5.77. The largest absolute Gasteiger partial charge is 0.425 e. The highest BCUT2D eigenvalue weighted by molar-refractivity contribution is 5.98. The van der Waals surface area contributed by atoms with Crippen molar-refractivity contribution < 1.29 is 52.3 Å². The van der Waals surface area contributed by atoms with Gasteiger partial charge in [-0.2, -0.15) is 0 Å². The van der Waals surface area contributed by atoms with Gasteiger partial charge in [-0.3, -0.25) is 33.6 Å². The zero-order valence-corrected chi connectivity index (χ0v) is 42.0. The third-order valence-corrected chi connectivity index (χ3v) is 12.8. The van der Waals surface area contributed by atoms with Gasteiger partial charge < -0.3 is 40.0 Å². The van der Waals surface area contributed by atoms with E-state index in [1.165, 1.54) is 0 Å². The van der Waals surface area contributed by atoms with E-state index >= 15 is 0 Å². The molecule has 4 amide bonds. The van der Waals surface area contributed by atoms with Gasteiger partial charge in [0.1, 0.15) is 43.1 Å². The summed E-state index contributed by atoms with van der Waals surface area (Å²) in [5, 5.41) is 11.5. The zero-order valence-electron chi connectivity index (χ0n) is 42.0. The molecular formula is C54H74N5O10+. The van der Waals surface area contributed by atoms with Crippen LogP contribution in [0.3, 0.4) is 0 Å². The van der Waals surface area contributed by atoms with Gasteiger partial charge in [-0.25, -0.2) is 0 Å². The molecule has 15 nitrogen and oxygen atoms in total. The maximum Gasteiger partial charge on any atom is 0.316 e. The summed E-state index contributed by atoms with van der Waals surface area (Å²) in [5.74, 6) is -2.50. The third-order valence-electron chi connectivity index (χ3n) is 12.8. The summed E-state index contributed by atoms with van der Waals surface area (Å²) in [7, 11) is 0. The van der Waals surface area contributed by atoms with Crippen molar-refractivity contribution in [3.8, 4) is 5.75 Å². The molecule has 2 aliphatic rings. The lowest BCUT2D eigenvalue weighted by Gasteiger charge is -2.46. The number of hydrogen-bond donors (Lipinski definition) is 4. The Morgan fingerprint density at radius 3 is 1.90 bits per heavy atom. The number of amides is 4. The van der Waals surface area contributed by atoms with Crippen LogP contribution in [-0.2, 0) is 57.6 Å². The van der Waals surface area contributed by atoms with Crippen molar-refractivity contribution >= 4 is 41.7 Å². The number of morpholine rings is 1. The Balaban J connectivity index is 1.36. The van der Waals surface area contributed by atoms with E-state index in [1.54, 1.807) is 40.7 Å². The summed E-state index contributed by atoms with van der Waals surface area (Å²) >= 11 is 0. The van der Waals surface area contributed by atoms with Crippen LogP contribution in [0.4, 0.5) is 0 Å².